The maximum atomic E-state index is 12.9. The molecule has 1 fully saturated rings. The summed E-state index contributed by atoms with van der Waals surface area (Å²) in [5.74, 6) is -0.875. The Morgan fingerprint density at radius 2 is 1.83 bits per heavy atom. The van der Waals surface area contributed by atoms with Crippen molar-refractivity contribution in [2.75, 3.05) is 0 Å². The lowest BCUT2D eigenvalue weighted by Gasteiger charge is -2.32. The monoisotopic (exact) mass is 406 g/mol. The van der Waals surface area contributed by atoms with Gasteiger partial charge in [-0.15, -0.1) is 0 Å². The summed E-state index contributed by atoms with van der Waals surface area (Å²) in [4.78, 5) is 47.8. The highest BCUT2D eigenvalue weighted by Crippen LogP contribution is 2.45. The molecule has 6 heteroatoms. The summed E-state index contributed by atoms with van der Waals surface area (Å²) >= 11 is 0. The first-order valence-corrected chi connectivity index (χ1v) is 10.7. The number of rotatable bonds is 5. The van der Waals surface area contributed by atoms with Crippen LogP contribution in [0.15, 0.2) is 11.6 Å². The first kappa shape index (κ1) is 23.3. The summed E-state index contributed by atoms with van der Waals surface area (Å²) in [5, 5.41) is 0. The number of carbonyl (C=O) groups excluding carboxylic acids is 4. The molecular formula is C23H34O6. The fourth-order valence-corrected chi connectivity index (χ4v) is 4.67. The standard InChI is InChI=1S/C23H34O6/c1-15-7-9-19(28-16(2)24)14-18(26)8-10-21(27)20(15)11-13-23(4)12-5-6-22(23)29-17(3)25/h7,19-20,22H,5-6,8-14H2,1-4H3/b15-7+/t19-,20+,22-,23+/m0/s1. The van der Waals surface area contributed by atoms with Gasteiger partial charge in [0.1, 0.15) is 23.8 Å². The van der Waals surface area contributed by atoms with E-state index in [2.05, 4.69) is 6.92 Å². The van der Waals surface area contributed by atoms with Gasteiger partial charge in [0.25, 0.3) is 0 Å². The lowest BCUT2D eigenvalue weighted by atomic mass is 9.76. The molecule has 0 aromatic rings. The Morgan fingerprint density at radius 3 is 2.48 bits per heavy atom. The molecule has 0 N–H and O–H groups in total. The second kappa shape index (κ2) is 10.2. The molecule has 0 aromatic heterocycles. The van der Waals surface area contributed by atoms with Gasteiger partial charge in [-0.1, -0.05) is 18.6 Å². The summed E-state index contributed by atoms with van der Waals surface area (Å²) in [6.45, 7) is 6.86. The summed E-state index contributed by atoms with van der Waals surface area (Å²) in [7, 11) is 0. The Morgan fingerprint density at radius 1 is 1.14 bits per heavy atom. The molecule has 1 saturated carbocycles. The Bertz CT molecular complexity index is 679. The van der Waals surface area contributed by atoms with Gasteiger partial charge < -0.3 is 9.47 Å². The number of allylic oxidation sites excluding steroid dienone is 1. The quantitative estimate of drug-likeness (QED) is 0.505. The van der Waals surface area contributed by atoms with Gasteiger partial charge in [-0.25, -0.2) is 0 Å². The zero-order valence-corrected chi connectivity index (χ0v) is 18.1. The van der Waals surface area contributed by atoms with Crippen molar-refractivity contribution in [2.24, 2.45) is 11.3 Å². The van der Waals surface area contributed by atoms with E-state index in [0.717, 1.165) is 31.3 Å². The third-order valence-corrected chi connectivity index (χ3v) is 6.38. The predicted molar refractivity (Wildman–Crippen MR) is 108 cm³/mol. The molecule has 162 valence electrons. The van der Waals surface area contributed by atoms with E-state index in [9.17, 15) is 19.2 Å². The van der Waals surface area contributed by atoms with Crippen LogP contribution in [-0.4, -0.2) is 35.7 Å². The Labute approximate surface area is 173 Å². The van der Waals surface area contributed by atoms with E-state index in [4.69, 9.17) is 9.47 Å². The van der Waals surface area contributed by atoms with Crippen molar-refractivity contribution in [1.29, 1.82) is 0 Å². The minimum atomic E-state index is -0.468. The van der Waals surface area contributed by atoms with Crippen molar-refractivity contribution in [3.8, 4) is 0 Å². The topological polar surface area (TPSA) is 86.7 Å². The van der Waals surface area contributed by atoms with E-state index < -0.39 is 12.1 Å². The third-order valence-electron chi connectivity index (χ3n) is 6.38. The normalized spacial score (nSPS) is 33.0. The van der Waals surface area contributed by atoms with E-state index in [1.165, 1.54) is 13.8 Å². The van der Waals surface area contributed by atoms with Gasteiger partial charge in [0.15, 0.2) is 0 Å². The summed E-state index contributed by atoms with van der Waals surface area (Å²) in [6.07, 6.45) is 6.67. The van der Waals surface area contributed by atoms with Crippen molar-refractivity contribution >= 4 is 23.5 Å². The number of hydrogen-bond acceptors (Lipinski definition) is 6. The zero-order chi connectivity index (χ0) is 21.6. The van der Waals surface area contributed by atoms with E-state index in [1.807, 2.05) is 13.0 Å². The molecule has 0 bridgehead atoms. The summed E-state index contributed by atoms with van der Waals surface area (Å²) in [5.41, 5.74) is 0.838. The molecule has 0 saturated heterocycles. The van der Waals surface area contributed by atoms with Crippen molar-refractivity contribution in [2.45, 2.75) is 97.7 Å². The van der Waals surface area contributed by atoms with Crippen LogP contribution in [-0.2, 0) is 28.7 Å². The van der Waals surface area contributed by atoms with Crippen LogP contribution in [0.4, 0.5) is 0 Å². The molecule has 6 nitrogen and oxygen atoms in total. The highest BCUT2D eigenvalue weighted by molar-refractivity contribution is 5.89. The van der Waals surface area contributed by atoms with Crippen molar-refractivity contribution in [3.05, 3.63) is 11.6 Å². The van der Waals surface area contributed by atoms with Crippen LogP contribution in [0.5, 0.6) is 0 Å². The predicted octanol–water partition coefficient (Wildman–Crippen LogP) is 4.09. The number of hydrogen-bond donors (Lipinski definition) is 0. The van der Waals surface area contributed by atoms with Gasteiger partial charge in [0.05, 0.1) is 0 Å². The lowest BCUT2D eigenvalue weighted by molar-refractivity contribution is -0.152. The molecule has 0 unspecified atom stereocenters. The number of Topliss-reactive ketones (excluding diaryl/α,β-unsaturated/α-hetero) is 2. The SMILES string of the molecule is CC(=O)O[C@H]1C/C=C(\C)[C@@H](CC[C@@]2(C)CCC[C@@H]2OC(C)=O)C(=O)CCC(=O)C1. The van der Waals surface area contributed by atoms with Crippen LogP contribution in [0.1, 0.15) is 85.5 Å². The smallest absolute Gasteiger partial charge is 0.302 e. The molecule has 0 aromatic carbocycles. The molecule has 0 amide bonds. The van der Waals surface area contributed by atoms with Gasteiger partial charge in [0.2, 0.25) is 0 Å². The molecule has 4 atom stereocenters. The van der Waals surface area contributed by atoms with Crippen LogP contribution in [0, 0.1) is 11.3 Å². The lowest BCUT2D eigenvalue weighted by Crippen LogP contribution is -2.32. The average molecular weight is 407 g/mol. The molecule has 0 spiro atoms. The second-order valence-corrected chi connectivity index (χ2v) is 8.86. The van der Waals surface area contributed by atoms with Gasteiger partial charge >= 0.3 is 11.9 Å². The molecule has 2 aliphatic carbocycles. The van der Waals surface area contributed by atoms with Crippen molar-refractivity contribution < 1.29 is 28.7 Å². The van der Waals surface area contributed by atoms with Crippen LogP contribution in [0.25, 0.3) is 0 Å². The Balaban J connectivity index is 2.12. The molecule has 2 aliphatic rings. The maximum absolute atomic E-state index is 12.9. The maximum Gasteiger partial charge on any atom is 0.302 e. The number of ketones is 2. The van der Waals surface area contributed by atoms with E-state index in [-0.39, 0.29) is 54.2 Å². The van der Waals surface area contributed by atoms with Gasteiger partial charge in [-0.3, -0.25) is 19.2 Å². The molecule has 29 heavy (non-hydrogen) atoms. The highest BCUT2D eigenvalue weighted by Gasteiger charge is 2.41. The van der Waals surface area contributed by atoms with Crippen molar-refractivity contribution in [3.63, 3.8) is 0 Å². The van der Waals surface area contributed by atoms with Crippen LogP contribution in [0.3, 0.4) is 0 Å². The zero-order valence-electron chi connectivity index (χ0n) is 18.1. The summed E-state index contributed by atoms with van der Waals surface area (Å²) in [6, 6.07) is 0. The van der Waals surface area contributed by atoms with Crippen LogP contribution < -0.4 is 0 Å². The first-order chi connectivity index (χ1) is 13.6. The van der Waals surface area contributed by atoms with Crippen molar-refractivity contribution in [1.82, 2.24) is 0 Å². The minimum absolute atomic E-state index is 0.0472. The highest BCUT2D eigenvalue weighted by atomic mass is 16.5. The molecule has 0 aliphatic heterocycles. The van der Waals surface area contributed by atoms with E-state index >= 15 is 0 Å². The average Bonchev–Trinajstić information content (AvgIpc) is 2.97. The second-order valence-electron chi connectivity index (χ2n) is 8.86. The molecular weight excluding hydrogens is 372 g/mol. The molecule has 2 rings (SSSR count). The largest absolute Gasteiger partial charge is 0.462 e. The number of ether oxygens (including phenoxy) is 2. The summed E-state index contributed by atoms with van der Waals surface area (Å²) < 4.78 is 10.8. The number of carbonyl (C=O) groups is 4. The van der Waals surface area contributed by atoms with E-state index in [0.29, 0.717) is 12.8 Å². The van der Waals surface area contributed by atoms with Gasteiger partial charge in [-0.05, 0) is 39.0 Å². The fourth-order valence-electron chi connectivity index (χ4n) is 4.67. The van der Waals surface area contributed by atoms with E-state index in [1.54, 1.807) is 0 Å². The van der Waals surface area contributed by atoms with Crippen LogP contribution in [0.2, 0.25) is 0 Å². The Hall–Kier alpha value is -1.98. The number of esters is 2. The molecule has 0 heterocycles. The Kier molecular flexibility index (Phi) is 8.17. The first-order valence-electron chi connectivity index (χ1n) is 10.7. The van der Waals surface area contributed by atoms with Crippen LogP contribution >= 0.6 is 0 Å². The third kappa shape index (κ3) is 6.79. The van der Waals surface area contributed by atoms with Gasteiger partial charge in [-0.2, -0.15) is 0 Å². The molecule has 0 radical (unpaired) electrons. The minimum Gasteiger partial charge on any atom is -0.462 e. The fraction of sp³-hybridized carbons (Fsp3) is 0.739. The van der Waals surface area contributed by atoms with Gasteiger partial charge in [0, 0.05) is 50.9 Å².